The zero-order valence-corrected chi connectivity index (χ0v) is 19.9. The second-order valence-electron chi connectivity index (χ2n) is 7.76. The summed E-state index contributed by atoms with van der Waals surface area (Å²) in [4.78, 5) is 29.5. The van der Waals surface area contributed by atoms with Gasteiger partial charge in [0, 0.05) is 33.7 Å². The number of ether oxygens (including phenoxy) is 1. The van der Waals surface area contributed by atoms with E-state index in [1.807, 2.05) is 0 Å². The van der Waals surface area contributed by atoms with E-state index < -0.39 is 18.4 Å². The zero-order chi connectivity index (χ0) is 21.5. The van der Waals surface area contributed by atoms with Crippen molar-refractivity contribution < 1.29 is 13.2 Å². The molecule has 0 unspecified atom stereocenters. The van der Waals surface area contributed by atoms with E-state index in [1.54, 1.807) is 11.6 Å². The van der Waals surface area contributed by atoms with Crippen LogP contribution >= 0.6 is 21.2 Å². The lowest BCUT2D eigenvalue weighted by Gasteiger charge is -2.29. The van der Waals surface area contributed by atoms with Crippen LogP contribution in [0.5, 0.6) is 6.01 Å². The van der Waals surface area contributed by atoms with Crippen LogP contribution in [-0.4, -0.2) is 50.6 Å². The molecule has 0 radical (unpaired) electrons. The first-order valence-electron chi connectivity index (χ1n) is 9.53. The van der Waals surface area contributed by atoms with Crippen molar-refractivity contribution in [2.45, 2.75) is 45.8 Å². The average Bonchev–Trinajstić information content (AvgIpc) is 3.01. The first-order chi connectivity index (χ1) is 13.5. The Hall–Kier alpha value is -1.41. The van der Waals surface area contributed by atoms with Gasteiger partial charge in [-0.1, -0.05) is 13.8 Å². The highest BCUT2D eigenvalue weighted by Gasteiger charge is 2.29. The molecule has 12 heteroatoms. The van der Waals surface area contributed by atoms with E-state index in [9.17, 15) is 18.0 Å². The molecule has 0 saturated carbocycles. The molecule has 1 aliphatic heterocycles. The molecule has 29 heavy (non-hydrogen) atoms. The van der Waals surface area contributed by atoms with Crippen molar-refractivity contribution >= 4 is 39.6 Å². The van der Waals surface area contributed by atoms with Crippen LogP contribution in [0.15, 0.2) is 9.59 Å². The first-order valence-corrected chi connectivity index (χ1v) is 13.5. The number of fused-ring (bicyclic) bond motifs is 1. The Bertz CT molecular complexity index is 1130. The standard InChI is InChI=1S/C17H26IN5O5S/c1-11(2)5-10-23-13-14(20(3)17(25)21(4)15(13)24)19-16(23)28-12-6-8-22(9-7-12)29(18,26)27/h11-12H,5-10H2,1-4H3. The van der Waals surface area contributed by atoms with Gasteiger partial charge in [0.1, 0.15) is 6.10 Å². The summed E-state index contributed by atoms with van der Waals surface area (Å²) in [5, 5.41) is 0. The van der Waals surface area contributed by atoms with Crippen molar-refractivity contribution in [1.29, 1.82) is 0 Å². The van der Waals surface area contributed by atoms with Crippen molar-refractivity contribution in [2.24, 2.45) is 20.0 Å². The maximum absolute atomic E-state index is 12.8. The van der Waals surface area contributed by atoms with Crippen LogP contribution in [0.1, 0.15) is 33.1 Å². The van der Waals surface area contributed by atoms with Gasteiger partial charge in [0.05, 0.1) is 21.2 Å². The van der Waals surface area contributed by atoms with Gasteiger partial charge in [-0.05, 0) is 25.2 Å². The van der Waals surface area contributed by atoms with E-state index in [4.69, 9.17) is 4.74 Å². The smallest absolute Gasteiger partial charge is 0.332 e. The Labute approximate surface area is 181 Å². The van der Waals surface area contributed by atoms with Crippen LogP contribution in [0.4, 0.5) is 0 Å². The van der Waals surface area contributed by atoms with E-state index in [-0.39, 0.29) is 6.10 Å². The van der Waals surface area contributed by atoms with Gasteiger partial charge in [-0.15, -0.1) is 0 Å². The van der Waals surface area contributed by atoms with Crippen molar-refractivity contribution in [3.05, 3.63) is 20.8 Å². The predicted octanol–water partition coefficient (Wildman–Crippen LogP) is 1.00. The third-order valence-corrected chi connectivity index (χ3v) is 7.88. The molecule has 162 valence electrons. The number of hydrogen-bond acceptors (Lipinski definition) is 6. The van der Waals surface area contributed by atoms with Gasteiger partial charge in [-0.25, -0.2) is 13.2 Å². The maximum Gasteiger partial charge on any atom is 0.332 e. The predicted molar refractivity (Wildman–Crippen MR) is 118 cm³/mol. The number of nitrogens with zero attached hydrogens (tertiary/aromatic N) is 5. The van der Waals surface area contributed by atoms with Crippen molar-refractivity contribution in [3.8, 4) is 6.01 Å². The van der Waals surface area contributed by atoms with Gasteiger partial charge < -0.3 is 4.74 Å². The molecule has 2 aromatic rings. The molecular weight excluding hydrogens is 513 g/mol. The van der Waals surface area contributed by atoms with E-state index in [2.05, 4.69) is 18.8 Å². The third kappa shape index (κ3) is 4.53. The Balaban J connectivity index is 1.98. The number of piperidine rings is 1. The highest BCUT2D eigenvalue weighted by molar-refractivity contribution is 14.2. The number of aromatic nitrogens is 4. The fourth-order valence-corrected chi connectivity index (χ4v) is 5.26. The van der Waals surface area contributed by atoms with Gasteiger partial charge in [-0.3, -0.25) is 18.5 Å². The highest BCUT2D eigenvalue weighted by Crippen LogP contribution is 2.25. The average molecular weight is 539 g/mol. The topological polar surface area (TPSA) is 108 Å². The Morgan fingerprint density at radius 1 is 1.17 bits per heavy atom. The number of rotatable bonds is 6. The molecule has 1 fully saturated rings. The lowest BCUT2D eigenvalue weighted by Crippen LogP contribution is -2.40. The molecule has 0 bridgehead atoms. The summed E-state index contributed by atoms with van der Waals surface area (Å²) >= 11 is 1.44. The molecule has 1 saturated heterocycles. The SMILES string of the molecule is CC(C)CCn1c(OC2CCN(S(=O)(=O)I)CC2)nc2c1c(=O)n(C)c(=O)n2C. The lowest BCUT2D eigenvalue weighted by atomic mass is 10.1. The molecule has 0 N–H and O–H groups in total. The van der Waals surface area contributed by atoms with E-state index >= 15 is 0 Å². The van der Waals surface area contributed by atoms with Crippen LogP contribution in [-0.2, 0) is 27.8 Å². The zero-order valence-electron chi connectivity index (χ0n) is 17.0. The minimum absolute atomic E-state index is 0.208. The summed E-state index contributed by atoms with van der Waals surface area (Å²) in [6.07, 6.45) is 1.68. The van der Waals surface area contributed by atoms with Crippen LogP contribution in [0.3, 0.4) is 0 Å². The summed E-state index contributed by atoms with van der Waals surface area (Å²) in [6, 6.07) is 0.301. The van der Waals surface area contributed by atoms with Crippen molar-refractivity contribution in [1.82, 2.24) is 23.0 Å². The molecule has 0 aromatic carbocycles. The largest absolute Gasteiger partial charge is 0.461 e. The molecule has 0 spiro atoms. The van der Waals surface area contributed by atoms with Gasteiger partial charge in [-0.2, -0.15) is 9.29 Å². The molecule has 0 atom stereocenters. The molecule has 1 aliphatic rings. The lowest BCUT2D eigenvalue weighted by molar-refractivity contribution is 0.120. The van der Waals surface area contributed by atoms with Crippen molar-refractivity contribution in [3.63, 3.8) is 0 Å². The molecule has 3 rings (SSSR count). The summed E-state index contributed by atoms with van der Waals surface area (Å²) in [5.74, 6) is 0.411. The minimum atomic E-state index is -3.24. The fraction of sp³-hybridized carbons (Fsp3) is 0.706. The molecule has 3 heterocycles. The minimum Gasteiger partial charge on any atom is -0.461 e. The van der Waals surface area contributed by atoms with Gasteiger partial charge in [0.2, 0.25) is 0 Å². The van der Waals surface area contributed by atoms with E-state index in [0.717, 1.165) is 11.0 Å². The Morgan fingerprint density at radius 2 is 1.79 bits per heavy atom. The quantitative estimate of drug-likeness (QED) is 0.401. The molecule has 10 nitrogen and oxygen atoms in total. The van der Waals surface area contributed by atoms with E-state index in [1.165, 1.54) is 37.1 Å². The fourth-order valence-electron chi connectivity index (χ4n) is 3.43. The monoisotopic (exact) mass is 539 g/mol. The van der Waals surface area contributed by atoms with Gasteiger partial charge in [0.25, 0.3) is 18.8 Å². The summed E-state index contributed by atoms with van der Waals surface area (Å²) in [5.41, 5.74) is -0.204. The van der Waals surface area contributed by atoms with E-state index in [0.29, 0.717) is 55.6 Å². The van der Waals surface area contributed by atoms with Crippen molar-refractivity contribution in [2.75, 3.05) is 13.1 Å². The third-order valence-electron chi connectivity index (χ3n) is 5.22. The normalized spacial score (nSPS) is 16.8. The van der Waals surface area contributed by atoms with Gasteiger partial charge in [0.15, 0.2) is 11.2 Å². The number of imidazole rings is 1. The van der Waals surface area contributed by atoms with Gasteiger partial charge >= 0.3 is 5.69 Å². The second kappa shape index (κ2) is 8.38. The highest BCUT2D eigenvalue weighted by atomic mass is 127. The second-order valence-corrected chi connectivity index (χ2v) is 12.4. The Kier molecular flexibility index (Phi) is 6.44. The van der Waals surface area contributed by atoms with Crippen LogP contribution in [0.2, 0.25) is 0 Å². The van der Waals surface area contributed by atoms with Crippen LogP contribution in [0, 0.1) is 5.92 Å². The molecule has 0 aliphatic carbocycles. The number of hydrogen-bond donors (Lipinski definition) is 0. The van der Waals surface area contributed by atoms with Crippen LogP contribution < -0.4 is 16.0 Å². The molecule has 0 amide bonds. The molecular formula is C17H26IN5O5S. The summed E-state index contributed by atoms with van der Waals surface area (Å²) in [6.45, 7) is 5.48. The Morgan fingerprint density at radius 3 is 2.34 bits per heavy atom. The summed E-state index contributed by atoms with van der Waals surface area (Å²) < 4.78 is 35.1. The van der Waals surface area contributed by atoms with Crippen LogP contribution in [0.25, 0.3) is 11.2 Å². The number of aryl methyl sites for hydroxylation is 2. The first kappa shape index (κ1) is 22.3. The number of halogens is 1. The maximum atomic E-state index is 12.8. The molecule has 2 aromatic heterocycles. The summed E-state index contributed by atoms with van der Waals surface area (Å²) in [7, 11) is -0.215.